The number of sulfonamides is 1. The van der Waals surface area contributed by atoms with Gasteiger partial charge in [-0.15, -0.1) is 0 Å². The molecule has 148 valence electrons. The maximum Gasteiger partial charge on any atom is 0.227 e. The molecule has 6 nitrogen and oxygen atoms in total. The quantitative estimate of drug-likeness (QED) is 0.606. The lowest BCUT2D eigenvalue weighted by atomic mass is 9.96. The minimum atomic E-state index is -3.46. The first-order valence-corrected chi connectivity index (χ1v) is 11.6. The van der Waals surface area contributed by atoms with Crippen LogP contribution in [-0.2, 0) is 22.2 Å². The lowest BCUT2D eigenvalue weighted by Gasteiger charge is -2.31. The fourth-order valence-corrected chi connectivity index (χ4v) is 5.70. The van der Waals surface area contributed by atoms with Crippen LogP contribution in [0.1, 0.15) is 24.3 Å². The van der Waals surface area contributed by atoms with Crippen molar-refractivity contribution >= 4 is 21.4 Å². The minimum Gasteiger partial charge on any atom is -0.339 e. The van der Waals surface area contributed by atoms with E-state index in [1.165, 1.54) is 28.6 Å². The first-order chi connectivity index (χ1) is 13.5. The molecule has 3 heterocycles. The highest BCUT2D eigenvalue weighted by atomic mass is 32.2. The van der Waals surface area contributed by atoms with Gasteiger partial charge in [0.2, 0.25) is 21.7 Å². The van der Waals surface area contributed by atoms with Gasteiger partial charge in [-0.05, 0) is 47.9 Å². The highest BCUT2D eigenvalue weighted by Crippen LogP contribution is 2.25. The molecule has 1 aliphatic rings. The van der Waals surface area contributed by atoms with Gasteiger partial charge in [-0.1, -0.05) is 17.3 Å². The Hall–Kier alpha value is -2.10. The molecule has 1 aromatic carbocycles. The molecule has 4 rings (SSSR count). The smallest absolute Gasteiger partial charge is 0.227 e. The van der Waals surface area contributed by atoms with Crippen molar-refractivity contribution in [3.05, 3.63) is 58.4 Å². The van der Waals surface area contributed by atoms with Gasteiger partial charge in [-0.25, -0.2) is 17.1 Å². The second-order valence-electron chi connectivity index (χ2n) is 6.98. The van der Waals surface area contributed by atoms with Crippen molar-refractivity contribution in [1.29, 1.82) is 0 Å². The summed E-state index contributed by atoms with van der Waals surface area (Å²) >= 11 is 1.57. The molecule has 2 aromatic heterocycles. The molecule has 0 saturated carbocycles. The molecule has 28 heavy (non-hydrogen) atoms. The summed E-state index contributed by atoms with van der Waals surface area (Å²) in [4.78, 5) is 4.44. The molecule has 0 radical (unpaired) electrons. The summed E-state index contributed by atoms with van der Waals surface area (Å²) in [6, 6.07) is 7.52. The van der Waals surface area contributed by atoms with Crippen LogP contribution in [0.4, 0.5) is 4.39 Å². The van der Waals surface area contributed by atoms with Crippen molar-refractivity contribution in [3.8, 4) is 11.4 Å². The van der Waals surface area contributed by atoms with Crippen LogP contribution in [0.2, 0.25) is 0 Å². The first-order valence-electron chi connectivity index (χ1n) is 9.07. The zero-order chi connectivity index (χ0) is 19.6. The third-order valence-electron chi connectivity index (χ3n) is 4.85. The van der Waals surface area contributed by atoms with Crippen molar-refractivity contribution in [2.24, 2.45) is 5.92 Å². The van der Waals surface area contributed by atoms with E-state index < -0.39 is 10.0 Å². The highest BCUT2D eigenvalue weighted by Gasteiger charge is 2.30. The number of hydrogen-bond acceptors (Lipinski definition) is 6. The highest BCUT2D eigenvalue weighted by molar-refractivity contribution is 7.88. The molecule has 1 fully saturated rings. The molecule has 9 heteroatoms. The molecule has 0 spiro atoms. The predicted molar refractivity (Wildman–Crippen MR) is 105 cm³/mol. The Bertz CT molecular complexity index is 1020. The van der Waals surface area contributed by atoms with Crippen LogP contribution in [0.25, 0.3) is 11.4 Å². The average Bonchev–Trinajstić information content (AvgIpc) is 3.35. The van der Waals surface area contributed by atoms with Crippen LogP contribution in [0.15, 0.2) is 45.6 Å². The van der Waals surface area contributed by atoms with Crippen molar-refractivity contribution < 1.29 is 17.3 Å². The van der Waals surface area contributed by atoms with Gasteiger partial charge in [0.1, 0.15) is 5.82 Å². The summed E-state index contributed by atoms with van der Waals surface area (Å²) in [6.07, 6.45) is 2.26. The van der Waals surface area contributed by atoms with Crippen LogP contribution in [0, 0.1) is 11.7 Å². The first kappa shape index (κ1) is 19.2. The van der Waals surface area contributed by atoms with Crippen LogP contribution in [0.3, 0.4) is 0 Å². The Labute approximate surface area is 167 Å². The molecule has 0 bridgehead atoms. The van der Waals surface area contributed by atoms with E-state index in [0.717, 1.165) is 18.4 Å². The van der Waals surface area contributed by atoms with Crippen molar-refractivity contribution in [3.63, 3.8) is 0 Å². The SMILES string of the molecule is O=S(=O)(Cc1ccc(F)cc1)N1CCCC(Cc2nc(-c3ccsc3)no2)C1. The van der Waals surface area contributed by atoms with Crippen molar-refractivity contribution in [2.45, 2.75) is 25.0 Å². The number of aromatic nitrogens is 2. The second-order valence-corrected chi connectivity index (χ2v) is 9.73. The molecule has 0 aliphatic carbocycles. The van der Waals surface area contributed by atoms with Crippen molar-refractivity contribution in [1.82, 2.24) is 14.4 Å². The minimum absolute atomic E-state index is 0.122. The van der Waals surface area contributed by atoms with E-state index in [1.807, 2.05) is 16.8 Å². The number of hydrogen-bond donors (Lipinski definition) is 0. The van der Waals surface area contributed by atoms with Crippen molar-refractivity contribution in [2.75, 3.05) is 13.1 Å². The monoisotopic (exact) mass is 421 g/mol. The van der Waals surface area contributed by atoms with E-state index in [-0.39, 0.29) is 17.5 Å². The van der Waals surface area contributed by atoms with E-state index >= 15 is 0 Å². The Morgan fingerprint density at radius 2 is 2.07 bits per heavy atom. The molecule has 3 aromatic rings. The summed E-state index contributed by atoms with van der Waals surface area (Å²) in [5, 5.41) is 7.93. The largest absolute Gasteiger partial charge is 0.339 e. The number of benzene rings is 1. The van der Waals surface area contributed by atoms with E-state index in [4.69, 9.17) is 4.52 Å². The predicted octanol–water partition coefficient (Wildman–Crippen LogP) is 3.72. The van der Waals surface area contributed by atoms with Crippen LogP contribution >= 0.6 is 11.3 Å². The zero-order valence-electron chi connectivity index (χ0n) is 15.1. The third kappa shape index (κ3) is 4.48. The molecule has 1 aliphatic heterocycles. The molecule has 1 atom stereocenters. The van der Waals surface area contributed by atoms with E-state index in [9.17, 15) is 12.8 Å². The van der Waals surface area contributed by atoms with Gasteiger partial charge in [0.05, 0.1) is 5.75 Å². The van der Waals surface area contributed by atoms with Gasteiger partial charge in [0.15, 0.2) is 0 Å². The average molecular weight is 422 g/mol. The number of halogens is 1. The van der Waals surface area contributed by atoms with Crippen LogP contribution < -0.4 is 0 Å². The molecule has 1 saturated heterocycles. The molecule has 1 unspecified atom stereocenters. The molecule has 0 N–H and O–H groups in total. The second kappa shape index (κ2) is 8.10. The molecule has 0 amide bonds. The number of nitrogens with zero attached hydrogens (tertiary/aromatic N) is 3. The normalized spacial score (nSPS) is 18.4. The Kier molecular flexibility index (Phi) is 5.56. The fraction of sp³-hybridized carbons (Fsp3) is 0.368. The summed E-state index contributed by atoms with van der Waals surface area (Å²) in [7, 11) is -3.46. The lowest BCUT2D eigenvalue weighted by Crippen LogP contribution is -2.41. The van der Waals surface area contributed by atoms with Gasteiger partial charge in [-0.2, -0.15) is 16.3 Å². The standard InChI is InChI=1S/C19H20FN3O3S2/c20-17-5-3-14(4-6-17)13-28(24,25)23-8-1-2-15(11-23)10-18-21-19(22-26-18)16-7-9-27-12-16/h3-7,9,12,15H,1-2,8,10-11,13H2. The molecular weight excluding hydrogens is 401 g/mol. The van der Waals surface area contributed by atoms with Gasteiger partial charge < -0.3 is 4.52 Å². The maximum absolute atomic E-state index is 13.0. The van der Waals surface area contributed by atoms with Gasteiger partial charge >= 0.3 is 0 Å². The maximum atomic E-state index is 13.0. The van der Waals surface area contributed by atoms with E-state index in [2.05, 4.69) is 10.1 Å². The number of piperidine rings is 1. The fourth-order valence-electron chi connectivity index (χ4n) is 3.42. The van der Waals surface area contributed by atoms with Gasteiger partial charge in [0, 0.05) is 30.5 Å². The lowest BCUT2D eigenvalue weighted by molar-refractivity contribution is 0.247. The third-order valence-corrected chi connectivity index (χ3v) is 7.35. The van der Waals surface area contributed by atoms with E-state index in [1.54, 1.807) is 11.3 Å². The van der Waals surface area contributed by atoms with Gasteiger partial charge in [0.25, 0.3) is 0 Å². The Balaban J connectivity index is 1.40. The Morgan fingerprint density at radius 3 is 2.82 bits per heavy atom. The summed E-state index contributed by atoms with van der Waals surface area (Å²) in [5.74, 6) is 0.730. The summed E-state index contributed by atoms with van der Waals surface area (Å²) in [5.41, 5.74) is 1.51. The summed E-state index contributed by atoms with van der Waals surface area (Å²) < 4.78 is 45.5. The number of rotatable bonds is 6. The van der Waals surface area contributed by atoms with Crippen LogP contribution in [-0.4, -0.2) is 36.0 Å². The topological polar surface area (TPSA) is 76.3 Å². The van der Waals surface area contributed by atoms with Crippen LogP contribution in [0.5, 0.6) is 0 Å². The summed E-state index contributed by atoms with van der Waals surface area (Å²) in [6.45, 7) is 0.934. The zero-order valence-corrected chi connectivity index (χ0v) is 16.8. The molecular formula is C19H20FN3O3S2. The number of thiophene rings is 1. The van der Waals surface area contributed by atoms with E-state index in [0.29, 0.717) is 36.8 Å². The van der Waals surface area contributed by atoms with Gasteiger partial charge in [-0.3, -0.25) is 0 Å². The Morgan fingerprint density at radius 1 is 1.25 bits per heavy atom.